The molecular weight excluding hydrogens is 342 g/mol. The fourth-order valence-corrected chi connectivity index (χ4v) is 3.38. The quantitative estimate of drug-likeness (QED) is 0.746. The summed E-state index contributed by atoms with van der Waals surface area (Å²) in [5.41, 5.74) is 2.84. The minimum Gasteiger partial charge on any atom is -0.384 e. The van der Waals surface area contributed by atoms with Crippen molar-refractivity contribution in [2.24, 2.45) is 7.05 Å². The maximum absolute atomic E-state index is 11.8. The van der Waals surface area contributed by atoms with Gasteiger partial charge in [0.2, 0.25) is 0 Å². The van der Waals surface area contributed by atoms with Gasteiger partial charge in [0.1, 0.15) is 0 Å². The van der Waals surface area contributed by atoms with Crippen LogP contribution in [0.1, 0.15) is 6.42 Å². The Balaban J connectivity index is 1.37. The van der Waals surface area contributed by atoms with Crippen molar-refractivity contribution in [3.05, 3.63) is 59.1 Å². The smallest absolute Gasteiger partial charge is 0.268 e. The molecule has 3 aromatic rings. The maximum Gasteiger partial charge on any atom is 0.268 e. The lowest BCUT2D eigenvalue weighted by Gasteiger charge is -2.34. The van der Waals surface area contributed by atoms with Crippen LogP contribution in [-0.2, 0) is 11.8 Å². The summed E-state index contributed by atoms with van der Waals surface area (Å²) >= 11 is 0. The van der Waals surface area contributed by atoms with E-state index in [2.05, 4.69) is 26.4 Å². The molecule has 0 bridgehead atoms. The Morgan fingerprint density at radius 2 is 2.19 bits per heavy atom. The van der Waals surface area contributed by atoms with Crippen LogP contribution in [0.25, 0.3) is 10.9 Å². The number of para-hydroxylation sites is 1. The number of aryl methyl sites for hydroxylation is 1. The first kappa shape index (κ1) is 17.5. The number of fused-ring (bicyclic) bond motifs is 1. The monoisotopic (exact) mass is 365 g/mol. The van der Waals surface area contributed by atoms with Crippen molar-refractivity contribution < 1.29 is 4.74 Å². The number of anilines is 2. The van der Waals surface area contributed by atoms with E-state index in [1.54, 1.807) is 19.3 Å². The molecule has 1 N–H and O–H groups in total. The van der Waals surface area contributed by atoms with Crippen LogP contribution >= 0.6 is 0 Å². The van der Waals surface area contributed by atoms with Gasteiger partial charge in [-0.05, 0) is 18.6 Å². The molecule has 140 valence electrons. The maximum atomic E-state index is 11.8. The highest BCUT2D eigenvalue weighted by Gasteiger charge is 2.21. The van der Waals surface area contributed by atoms with Crippen molar-refractivity contribution in [3.63, 3.8) is 0 Å². The molecule has 0 radical (unpaired) electrons. The number of nitrogens with zero attached hydrogens (tertiary/aromatic N) is 4. The number of ether oxygens (including phenoxy) is 1. The van der Waals surface area contributed by atoms with E-state index in [-0.39, 0.29) is 11.7 Å². The predicted molar refractivity (Wildman–Crippen MR) is 106 cm³/mol. The summed E-state index contributed by atoms with van der Waals surface area (Å²) in [4.78, 5) is 18.4. The van der Waals surface area contributed by atoms with E-state index in [9.17, 15) is 4.79 Å². The van der Waals surface area contributed by atoms with E-state index >= 15 is 0 Å². The van der Waals surface area contributed by atoms with Crippen LogP contribution in [-0.4, -0.2) is 47.1 Å². The van der Waals surface area contributed by atoms with Gasteiger partial charge in [-0.2, -0.15) is 5.10 Å². The van der Waals surface area contributed by atoms with Crippen LogP contribution in [0.15, 0.2) is 53.6 Å². The second-order valence-corrected chi connectivity index (χ2v) is 6.71. The van der Waals surface area contributed by atoms with Crippen LogP contribution in [0.2, 0.25) is 0 Å². The zero-order chi connectivity index (χ0) is 18.6. The molecule has 1 atom stereocenters. The molecule has 3 heterocycles. The van der Waals surface area contributed by atoms with Crippen molar-refractivity contribution in [2.75, 3.05) is 36.5 Å². The Morgan fingerprint density at radius 1 is 1.30 bits per heavy atom. The van der Waals surface area contributed by atoms with E-state index in [0.29, 0.717) is 6.61 Å². The van der Waals surface area contributed by atoms with Gasteiger partial charge in [0.15, 0.2) is 0 Å². The average molecular weight is 365 g/mol. The minimum absolute atomic E-state index is 0.0956. The number of rotatable bonds is 5. The van der Waals surface area contributed by atoms with E-state index in [0.717, 1.165) is 48.3 Å². The first-order valence-electron chi connectivity index (χ1n) is 9.18. The van der Waals surface area contributed by atoms with Crippen molar-refractivity contribution in [2.45, 2.75) is 12.5 Å². The second kappa shape index (κ2) is 7.75. The third kappa shape index (κ3) is 3.93. The molecule has 1 fully saturated rings. The van der Waals surface area contributed by atoms with E-state index in [1.807, 2.05) is 30.5 Å². The van der Waals surface area contributed by atoms with Gasteiger partial charge in [-0.25, -0.2) is 4.68 Å². The first-order chi connectivity index (χ1) is 13.2. The van der Waals surface area contributed by atoms with Crippen molar-refractivity contribution in [1.82, 2.24) is 14.8 Å². The number of morpholine rings is 1. The summed E-state index contributed by atoms with van der Waals surface area (Å²) in [5.74, 6) is 0. The lowest BCUT2D eigenvalue weighted by atomic mass is 10.1. The molecule has 1 unspecified atom stereocenters. The first-order valence-corrected chi connectivity index (χ1v) is 9.18. The molecule has 7 nitrogen and oxygen atoms in total. The normalized spacial score (nSPS) is 17.2. The summed E-state index contributed by atoms with van der Waals surface area (Å²) in [7, 11) is 1.66. The lowest BCUT2D eigenvalue weighted by molar-refractivity contribution is 0.0375. The van der Waals surface area contributed by atoms with E-state index in [4.69, 9.17) is 4.74 Å². The number of pyridine rings is 1. The third-order valence-electron chi connectivity index (χ3n) is 4.89. The second-order valence-electron chi connectivity index (χ2n) is 6.71. The molecule has 0 saturated carbocycles. The summed E-state index contributed by atoms with van der Waals surface area (Å²) in [6.07, 6.45) is 4.56. The van der Waals surface area contributed by atoms with Gasteiger partial charge in [0.05, 0.1) is 30.1 Å². The topological polar surface area (TPSA) is 72.3 Å². The molecule has 7 heteroatoms. The Morgan fingerprint density at radius 3 is 3.07 bits per heavy atom. The van der Waals surface area contributed by atoms with E-state index in [1.165, 1.54) is 4.68 Å². The standard InChI is InChI=1S/C20H23N5O2/c1-24-20(26)12-15(13-23-24)25-10-11-27-16(14-25)6-8-21-19-7-9-22-18-5-3-2-4-17(18)19/h2-5,7,9,12-13,16H,6,8,10-11,14H2,1H3,(H,21,22). The Bertz CT molecular complexity index is 982. The summed E-state index contributed by atoms with van der Waals surface area (Å²) in [6.45, 7) is 2.99. The zero-order valence-electron chi connectivity index (χ0n) is 15.3. The minimum atomic E-state index is -0.0956. The third-order valence-corrected chi connectivity index (χ3v) is 4.89. The van der Waals surface area contributed by atoms with Crippen molar-refractivity contribution in [3.8, 4) is 0 Å². The molecule has 1 saturated heterocycles. The van der Waals surface area contributed by atoms with Crippen LogP contribution in [0.5, 0.6) is 0 Å². The molecule has 1 aromatic carbocycles. The van der Waals surface area contributed by atoms with Crippen LogP contribution in [0.4, 0.5) is 11.4 Å². The molecule has 0 aliphatic carbocycles. The van der Waals surface area contributed by atoms with Gasteiger partial charge in [-0.1, -0.05) is 18.2 Å². The van der Waals surface area contributed by atoms with Gasteiger partial charge in [0.25, 0.3) is 5.56 Å². The fraction of sp³-hybridized carbons (Fsp3) is 0.350. The molecule has 0 amide bonds. The highest BCUT2D eigenvalue weighted by molar-refractivity contribution is 5.90. The SMILES string of the molecule is Cn1ncc(N2CCOC(CCNc3ccnc4ccccc34)C2)cc1=O. The van der Waals surface area contributed by atoms with E-state index < -0.39 is 0 Å². The Kier molecular flexibility index (Phi) is 5.02. The summed E-state index contributed by atoms with van der Waals surface area (Å²) < 4.78 is 7.25. The zero-order valence-corrected chi connectivity index (χ0v) is 15.3. The Labute approximate surface area is 157 Å². The predicted octanol–water partition coefficient (Wildman–Crippen LogP) is 2.04. The van der Waals surface area contributed by atoms with Crippen LogP contribution in [0.3, 0.4) is 0 Å². The average Bonchev–Trinajstić information content (AvgIpc) is 2.70. The molecular formula is C20H23N5O2. The number of benzene rings is 1. The fourth-order valence-electron chi connectivity index (χ4n) is 3.38. The summed E-state index contributed by atoms with van der Waals surface area (Å²) in [5, 5.41) is 8.74. The number of nitrogens with one attached hydrogen (secondary N) is 1. The van der Waals surface area contributed by atoms with Crippen LogP contribution < -0.4 is 15.8 Å². The van der Waals surface area contributed by atoms with Gasteiger partial charge in [-0.3, -0.25) is 9.78 Å². The molecule has 0 spiro atoms. The number of aromatic nitrogens is 3. The van der Waals surface area contributed by atoms with Crippen molar-refractivity contribution >= 4 is 22.3 Å². The molecule has 1 aliphatic rings. The summed E-state index contributed by atoms with van der Waals surface area (Å²) in [6, 6.07) is 11.7. The van der Waals surface area contributed by atoms with Gasteiger partial charge in [-0.15, -0.1) is 0 Å². The molecule has 2 aromatic heterocycles. The highest BCUT2D eigenvalue weighted by atomic mass is 16.5. The van der Waals surface area contributed by atoms with Gasteiger partial charge < -0.3 is 15.0 Å². The van der Waals surface area contributed by atoms with Gasteiger partial charge >= 0.3 is 0 Å². The number of hydrogen-bond acceptors (Lipinski definition) is 6. The lowest BCUT2D eigenvalue weighted by Crippen LogP contribution is -2.43. The molecule has 27 heavy (non-hydrogen) atoms. The largest absolute Gasteiger partial charge is 0.384 e. The number of hydrogen-bond donors (Lipinski definition) is 1. The Hall–Kier alpha value is -2.93. The highest BCUT2D eigenvalue weighted by Crippen LogP contribution is 2.21. The molecule has 1 aliphatic heterocycles. The van der Waals surface area contributed by atoms with Crippen LogP contribution in [0, 0.1) is 0 Å². The van der Waals surface area contributed by atoms with Gasteiger partial charge in [0, 0.05) is 50.0 Å². The van der Waals surface area contributed by atoms with Crippen molar-refractivity contribution in [1.29, 1.82) is 0 Å². The molecule has 4 rings (SSSR count).